The Kier molecular flexibility index (Phi) is 9.79. The molecule has 1 saturated carbocycles. The zero-order chi connectivity index (χ0) is 31.7. The zero-order valence-electron chi connectivity index (χ0n) is 22.6. The molecule has 1 aromatic carbocycles. The molecule has 1 aromatic rings. The largest absolute Gasteiger partial charge is 0.493 e. The number of rotatable bonds is 7. The molecule has 2 heterocycles. The molecule has 5 rings (SSSR count). The van der Waals surface area contributed by atoms with Gasteiger partial charge in [-0.2, -0.15) is 0 Å². The third kappa shape index (κ3) is 5.76. The van der Waals surface area contributed by atoms with Crippen molar-refractivity contribution >= 4 is 29.7 Å². The Morgan fingerprint density at radius 3 is 1.88 bits per heavy atom. The number of likely N-dealkylation sites (N-methyl/N-ethyl adjacent to an activating group) is 1. The number of Topliss-reactive ketones (excluding diaryl/α,β-unsaturated/α-hetero) is 1. The average Bonchev–Trinajstić information content (AvgIpc) is 3.30. The third-order valence-electron chi connectivity index (χ3n) is 8.20. The Balaban J connectivity index is 0.000000205. The first-order valence-electron chi connectivity index (χ1n) is 12.8. The molecule has 16 heteroatoms. The van der Waals surface area contributed by atoms with Crippen LogP contribution in [0.1, 0.15) is 30.4 Å². The maximum Gasteiger partial charge on any atom is 0.335 e. The first-order valence-corrected chi connectivity index (χ1v) is 12.8. The average molecular weight is 600 g/mol. The number of carboxylic acid groups (broad SMARTS) is 4. The second-order valence-corrected chi connectivity index (χ2v) is 10.4. The van der Waals surface area contributed by atoms with Crippen LogP contribution in [0.15, 0.2) is 12.1 Å². The van der Waals surface area contributed by atoms with E-state index in [1.54, 1.807) is 7.11 Å². The first-order chi connectivity index (χ1) is 19.6. The molecule has 1 spiro atoms. The highest BCUT2D eigenvalue weighted by Crippen LogP contribution is 2.63. The minimum absolute atomic E-state index is 0.0933. The predicted octanol–water partition coefficient (Wildman–Crippen LogP) is -2.31. The Hall–Kier alpha value is -3.83. The SMILES string of the molecule is COc1ccc2c3c1O[C@H]1C(=O)CC[C@H]4[C@@H](C2)N(C)CC[C@]314.O=C(O)C(O)C(O)C(=O)O.O=C(O)C(O)C(O)C(=O)O. The number of carbonyl (C=O) groups excluding carboxylic acids is 1. The van der Waals surface area contributed by atoms with Gasteiger partial charge in [-0.3, -0.25) is 4.79 Å². The quantitative estimate of drug-likeness (QED) is 0.163. The smallest absolute Gasteiger partial charge is 0.335 e. The van der Waals surface area contributed by atoms with E-state index < -0.39 is 48.3 Å². The number of nitrogens with zero attached hydrogens (tertiary/aromatic N) is 1. The van der Waals surface area contributed by atoms with Crippen molar-refractivity contribution in [2.75, 3.05) is 20.7 Å². The second-order valence-electron chi connectivity index (χ2n) is 10.4. The summed E-state index contributed by atoms with van der Waals surface area (Å²) in [4.78, 5) is 54.2. The lowest BCUT2D eigenvalue weighted by Crippen LogP contribution is -2.65. The summed E-state index contributed by atoms with van der Waals surface area (Å²) >= 11 is 0. The number of piperidine rings is 1. The summed E-state index contributed by atoms with van der Waals surface area (Å²) in [6.07, 6.45) is -5.59. The van der Waals surface area contributed by atoms with Crippen molar-refractivity contribution in [2.45, 2.75) is 67.7 Å². The van der Waals surface area contributed by atoms with Gasteiger partial charge in [0.05, 0.1) is 7.11 Å². The predicted molar refractivity (Wildman–Crippen MR) is 136 cm³/mol. The van der Waals surface area contributed by atoms with E-state index in [0.717, 1.165) is 37.3 Å². The molecule has 0 radical (unpaired) electrons. The van der Waals surface area contributed by atoms with Gasteiger partial charge < -0.3 is 55.2 Å². The summed E-state index contributed by atoms with van der Waals surface area (Å²) in [6, 6.07) is 4.73. The highest BCUT2D eigenvalue weighted by atomic mass is 16.5. The second kappa shape index (κ2) is 12.6. The molecular weight excluding hydrogens is 566 g/mol. The Morgan fingerprint density at radius 2 is 1.43 bits per heavy atom. The molecule has 0 aromatic heterocycles. The number of likely N-dealkylation sites (tertiary alicyclic amines) is 1. The zero-order valence-corrected chi connectivity index (χ0v) is 22.6. The number of benzene rings is 1. The summed E-state index contributed by atoms with van der Waals surface area (Å²) in [5.41, 5.74) is 2.57. The van der Waals surface area contributed by atoms with Crippen molar-refractivity contribution in [3.05, 3.63) is 23.3 Å². The number of carbonyl (C=O) groups is 5. The Labute approximate surface area is 238 Å². The normalized spacial score (nSPS) is 27.7. The maximum absolute atomic E-state index is 12.6. The molecule has 1 saturated heterocycles. The number of hydrogen-bond acceptors (Lipinski definition) is 12. The van der Waals surface area contributed by atoms with Crippen LogP contribution in [-0.2, 0) is 35.8 Å². The van der Waals surface area contributed by atoms with E-state index >= 15 is 0 Å². The summed E-state index contributed by atoms with van der Waals surface area (Å²) in [5.74, 6) is -4.62. The Bertz CT molecular complexity index is 1180. The van der Waals surface area contributed by atoms with E-state index in [2.05, 4.69) is 18.0 Å². The van der Waals surface area contributed by atoms with Crippen molar-refractivity contribution in [1.29, 1.82) is 0 Å². The number of aliphatic hydroxyl groups is 4. The van der Waals surface area contributed by atoms with Crippen LogP contribution in [0, 0.1) is 5.92 Å². The summed E-state index contributed by atoms with van der Waals surface area (Å²) in [6.45, 7) is 1.05. The number of hydrogen-bond donors (Lipinski definition) is 8. The lowest BCUT2D eigenvalue weighted by molar-refractivity contribution is -0.165. The number of ketones is 1. The summed E-state index contributed by atoms with van der Waals surface area (Å²) < 4.78 is 11.8. The molecule has 4 unspecified atom stereocenters. The van der Waals surface area contributed by atoms with Crippen molar-refractivity contribution in [3.8, 4) is 11.5 Å². The summed E-state index contributed by atoms with van der Waals surface area (Å²) in [5, 5.41) is 65.1. The molecule has 42 heavy (non-hydrogen) atoms. The first kappa shape index (κ1) is 32.7. The number of aliphatic carboxylic acids is 4. The van der Waals surface area contributed by atoms with Gasteiger partial charge in [0.2, 0.25) is 0 Å². The fourth-order valence-electron chi connectivity index (χ4n) is 6.21. The van der Waals surface area contributed by atoms with Crippen LogP contribution in [0.5, 0.6) is 11.5 Å². The van der Waals surface area contributed by atoms with Crippen LogP contribution in [-0.4, -0.2) is 133 Å². The van der Waals surface area contributed by atoms with Gasteiger partial charge in [0.1, 0.15) is 0 Å². The van der Waals surface area contributed by atoms with Gasteiger partial charge in [-0.15, -0.1) is 0 Å². The fraction of sp³-hybridized carbons (Fsp3) is 0.577. The molecule has 8 atom stereocenters. The van der Waals surface area contributed by atoms with E-state index in [9.17, 15) is 24.0 Å². The van der Waals surface area contributed by atoms with Crippen LogP contribution in [0.2, 0.25) is 0 Å². The molecule has 2 fully saturated rings. The van der Waals surface area contributed by atoms with Crippen molar-refractivity contribution in [3.63, 3.8) is 0 Å². The monoisotopic (exact) mass is 599 g/mol. The van der Waals surface area contributed by atoms with Gasteiger partial charge in [0, 0.05) is 23.4 Å². The minimum atomic E-state index is -2.27. The number of aliphatic hydroxyl groups excluding tert-OH is 4. The van der Waals surface area contributed by atoms with Crippen LogP contribution in [0.4, 0.5) is 0 Å². The van der Waals surface area contributed by atoms with Gasteiger partial charge in [-0.05, 0) is 50.4 Å². The molecule has 4 aliphatic rings. The van der Waals surface area contributed by atoms with Crippen molar-refractivity contribution in [1.82, 2.24) is 4.90 Å². The number of ether oxygens (including phenoxy) is 2. The molecular formula is C26H33NO15. The molecule has 8 N–H and O–H groups in total. The highest BCUT2D eigenvalue weighted by Gasteiger charge is 2.65. The van der Waals surface area contributed by atoms with Crippen molar-refractivity contribution < 1.29 is 74.3 Å². The fourth-order valence-corrected chi connectivity index (χ4v) is 6.21. The van der Waals surface area contributed by atoms with E-state index in [0.29, 0.717) is 18.4 Å². The Morgan fingerprint density at radius 1 is 0.929 bits per heavy atom. The lowest BCUT2D eigenvalue weighted by atomic mass is 9.52. The van der Waals surface area contributed by atoms with Gasteiger partial charge in [0.15, 0.2) is 47.8 Å². The van der Waals surface area contributed by atoms with Crippen molar-refractivity contribution in [2.24, 2.45) is 5.92 Å². The third-order valence-corrected chi connectivity index (χ3v) is 8.20. The van der Waals surface area contributed by atoms with E-state index in [1.165, 1.54) is 11.1 Å². The number of carboxylic acids is 4. The molecule has 2 aliphatic carbocycles. The topological polar surface area (TPSA) is 269 Å². The standard InChI is InChI=1S/C18H21NO3.2C4H6O6/c1-19-8-7-18-11-4-5-13(20)17(18)22-16-14(21-2)6-3-10(15(16)18)9-12(11)19;2*5-1(3(7)8)2(6)4(9)10/h3,6,11-12,17H,4-5,7-9H2,1-2H3;2*1-2,5-6H,(H,7,8)(H,9,10)/t11-,12+,17-,18-;;/m0../s1. The van der Waals surface area contributed by atoms with Gasteiger partial charge in [-0.1, -0.05) is 6.07 Å². The van der Waals surface area contributed by atoms with Crippen LogP contribution in [0.25, 0.3) is 0 Å². The maximum atomic E-state index is 12.6. The molecule has 2 aliphatic heterocycles. The molecule has 0 amide bonds. The van der Waals surface area contributed by atoms with Gasteiger partial charge in [-0.25, -0.2) is 19.2 Å². The van der Waals surface area contributed by atoms with Crippen LogP contribution in [0.3, 0.4) is 0 Å². The van der Waals surface area contributed by atoms with E-state index in [4.69, 9.17) is 50.3 Å². The van der Waals surface area contributed by atoms with E-state index in [1.807, 2.05) is 6.07 Å². The molecule has 232 valence electrons. The summed E-state index contributed by atoms with van der Waals surface area (Å²) in [7, 11) is 3.91. The highest BCUT2D eigenvalue weighted by molar-refractivity contribution is 5.89. The van der Waals surface area contributed by atoms with Crippen LogP contribution >= 0.6 is 0 Å². The van der Waals surface area contributed by atoms with Crippen LogP contribution < -0.4 is 9.47 Å². The molecule has 16 nitrogen and oxygen atoms in total. The van der Waals surface area contributed by atoms with Gasteiger partial charge in [0.25, 0.3) is 0 Å². The van der Waals surface area contributed by atoms with E-state index in [-0.39, 0.29) is 17.3 Å². The molecule has 2 bridgehead atoms. The number of methoxy groups -OCH3 is 1. The van der Waals surface area contributed by atoms with Gasteiger partial charge >= 0.3 is 23.9 Å². The minimum Gasteiger partial charge on any atom is -0.493 e. The lowest BCUT2D eigenvalue weighted by Gasteiger charge is -2.57.